The Labute approximate surface area is 216 Å². The van der Waals surface area contributed by atoms with Crippen molar-refractivity contribution in [1.82, 2.24) is 24.5 Å². The predicted octanol–water partition coefficient (Wildman–Crippen LogP) is 4.71. The number of imidazole rings is 1. The Hall–Kier alpha value is -4.14. The largest absolute Gasteiger partial charge is 0.444 e. The summed E-state index contributed by atoms with van der Waals surface area (Å²) in [7, 11) is 0. The van der Waals surface area contributed by atoms with Crippen LogP contribution in [0.15, 0.2) is 60.8 Å². The molecule has 4 heterocycles. The van der Waals surface area contributed by atoms with E-state index in [4.69, 9.17) is 20.4 Å². The molecule has 1 aliphatic rings. The molecule has 0 bridgehead atoms. The lowest BCUT2D eigenvalue weighted by molar-refractivity contribution is 0.00395. The second-order valence-corrected chi connectivity index (χ2v) is 10.5. The molecule has 0 saturated carbocycles. The van der Waals surface area contributed by atoms with Crippen molar-refractivity contribution in [2.45, 2.75) is 52.3 Å². The van der Waals surface area contributed by atoms with E-state index in [-0.39, 0.29) is 18.2 Å². The van der Waals surface area contributed by atoms with Crippen molar-refractivity contribution in [1.29, 1.82) is 0 Å². The molecule has 1 fully saturated rings. The molecule has 9 heteroatoms. The zero-order valence-corrected chi connectivity index (χ0v) is 21.9. The zero-order valence-electron chi connectivity index (χ0n) is 21.9. The standard InChI is InChI=1S/C28H33N7O2/c1-18-16-33(17-19(2)34(18)27(36)37-28(3,4)5)35-25(21-12-9-15-30-24(21)29)32-23-14-13-22(31-26(23)35)20-10-7-6-8-11-20/h6-15,18-19H,16-17H2,1-5H3,(H2,29,30)/t18-,19-/m1/s1. The van der Waals surface area contributed by atoms with Crippen LogP contribution < -0.4 is 10.7 Å². The van der Waals surface area contributed by atoms with E-state index < -0.39 is 5.60 Å². The highest BCUT2D eigenvalue weighted by Gasteiger charge is 2.37. The molecule has 0 radical (unpaired) electrons. The fourth-order valence-corrected chi connectivity index (χ4v) is 4.90. The summed E-state index contributed by atoms with van der Waals surface area (Å²) >= 11 is 0. The van der Waals surface area contributed by atoms with E-state index in [1.54, 1.807) is 6.20 Å². The molecule has 3 aromatic heterocycles. The van der Waals surface area contributed by atoms with Crippen LogP contribution >= 0.6 is 0 Å². The summed E-state index contributed by atoms with van der Waals surface area (Å²) in [6.07, 6.45) is 1.37. The van der Waals surface area contributed by atoms with Gasteiger partial charge in [-0.15, -0.1) is 0 Å². The molecule has 1 aliphatic heterocycles. The lowest BCUT2D eigenvalue weighted by Crippen LogP contribution is -2.62. The molecule has 9 nitrogen and oxygen atoms in total. The number of ether oxygens (including phenoxy) is 1. The topological polar surface area (TPSA) is 102 Å². The second-order valence-electron chi connectivity index (χ2n) is 10.5. The normalized spacial score (nSPS) is 18.3. The van der Waals surface area contributed by atoms with Gasteiger partial charge in [-0.1, -0.05) is 30.3 Å². The molecule has 0 unspecified atom stereocenters. The number of hydrogen-bond acceptors (Lipinski definition) is 7. The number of amides is 1. The van der Waals surface area contributed by atoms with E-state index >= 15 is 0 Å². The number of hydrogen-bond donors (Lipinski definition) is 1. The Bertz CT molecular complexity index is 1420. The maximum Gasteiger partial charge on any atom is 0.410 e. The summed E-state index contributed by atoms with van der Waals surface area (Å²) in [6, 6.07) is 17.6. The van der Waals surface area contributed by atoms with Crippen molar-refractivity contribution in [3.63, 3.8) is 0 Å². The first-order valence-electron chi connectivity index (χ1n) is 12.5. The van der Waals surface area contributed by atoms with E-state index in [2.05, 4.69) is 9.99 Å². The third kappa shape index (κ3) is 4.81. The number of nitrogens with zero attached hydrogens (tertiary/aromatic N) is 6. The Kier molecular flexibility index (Phi) is 6.23. The molecule has 5 rings (SSSR count). The monoisotopic (exact) mass is 499 g/mol. The molecule has 1 saturated heterocycles. The van der Waals surface area contributed by atoms with Gasteiger partial charge < -0.3 is 15.5 Å². The van der Waals surface area contributed by atoms with Crippen molar-refractivity contribution < 1.29 is 9.53 Å². The molecule has 37 heavy (non-hydrogen) atoms. The van der Waals surface area contributed by atoms with Crippen LogP contribution in [0.3, 0.4) is 0 Å². The maximum atomic E-state index is 13.0. The van der Waals surface area contributed by atoms with Crippen molar-refractivity contribution >= 4 is 23.1 Å². The number of pyridine rings is 2. The van der Waals surface area contributed by atoms with Crippen LogP contribution in [0.25, 0.3) is 33.8 Å². The zero-order chi connectivity index (χ0) is 26.3. The lowest BCUT2D eigenvalue weighted by atomic mass is 10.1. The van der Waals surface area contributed by atoms with Crippen molar-refractivity contribution in [2.75, 3.05) is 23.8 Å². The summed E-state index contributed by atoms with van der Waals surface area (Å²) in [6.45, 7) is 10.9. The first-order valence-corrected chi connectivity index (χ1v) is 12.5. The van der Waals surface area contributed by atoms with E-state index in [0.717, 1.165) is 28.0 Å². The fourth-order valence-electron chi connectivity index (χ4n) is 4.90. The van der Waals surface area contributed by atoms with E-state index in [1.807, 2.05) is 98.8 Å². The number of nitrogens with two attached hydrogens (primary N) is 1. The predicted molar refractivity (Wildman–Crippen MR) is 146 cm³/mol. The number of anilines is 1. The fraction of sp³-hybridized carbons (Fsp3) is 0.357. The highest BCUT2D eigenvalue weighted by molar-refractivity contribution is 5.83. The van der Waals surface area contributed by atoms with Crippen molar-refractivity contribution in [3.8, 4) is 22.6 Å². The van der Waals surface area contributed by atoms with Crippen LogP contribution in [0.2, 0.25) is 0 Å². The smallest absolute Gasteiger partial charge is 0.410 e. The van der Waals surface area contributed by atoms with Gasteiger partial charge in [-0.25, -0.2) is 24.4 Å². The number of fused-ring (bicyclic) bond motifs is 1. The number of piperazine rings is 1. The van der Waals surface area contributed by atoms with Crippen LogP contribution in [-0.4, -0.2) is 61.4 Å². The first kappa shape index (κ1) is 24.5. The summed E-state index contributed by atoms with van der Waals surface area (Å²) < 4.78 is 7.74. The van der Waals surface area contributed by atoms with E-state index in [0.29, 0.717) is 24.7 Å². The summed E-state index contributed by atoms with van der Waals surface area (Å²) in [5.74, 6) is 1.07. The Balaban J connectivity index is 1.60. The molecule has 192 valence electrons. The molecular formula is C28H33N7O2. The van der Waals surface area contributed by atoms with Gasteiger partial charge in [-0.05, 0) is 58.9 Å². The van der Waals surface area contributed by atoms with Crippen LogP contribution in [0, 0.1) is 0 Å². The van der Waals surface area contributed by atoms with Gasteiger partial charge in [-0.3, -0.25) is 4.90 Å². The summed E-state index contributed by atoms with van der Waals surface area (Å²) in [5, 5.41) is 2.19. The minimum Gasteiger partial charge on any atom is -0.444 e. The van der Waals surface area contributed by atoms with Gasteiger partial charge >= 0.3 is 6.09 Å². The SMILES string of the molecule is C[C@@H]1CN(n2c(-c3cccnc3N)nc3ccc(-c4ccccc4)nc32)C[C@@H](C)N1C(=O)OC(C)(C)C. The third-order valence-electron chi connectivity index (χ3n) is 6.42. The first-order chi connectivity index (χ1) is 17.6. The van der Waals surface area contributed by atoms with Crippen molar-refractivity contribution in [2.24, 2.45) is 0 Å². The Morgan fingerprint density at radius 1 is 0.973 bits per heavy atom. The Morgan fingerprint density at radius 3 is 2.32 bits per heavy atom. The van der Waals surface area contributed by atoms with Gasteiger partial charge in [0.15, 0.2) is 11.5 Å². The number of rotatable bonds is 3. The molecule has 2 atom stereocenters. The number of carbonyl (C=O) groups excluding carboxylic acids is 1. The highest BCUT2D eigenvalue weighted by Crippen LogP contribution is 2.31. The average Bonchev–Trinajstić information content (AvgIpc) is 3.22. The molecule has 1 aromatic carbocycles. The molecule has 0 spiro atoms. The minimum absolute atomic E-state index is 0.104. The number of aromatic nitrogens is 4. The molecule has 2 N–H and O–H groups in total. The van der Waals surface area contributed by atoms with Gasteiger partial charge in [0.1, 0.15) is 16.9 Å². The van der Waals surface area contributed by atoms with Gasteiger partial charge in [0.2, 0.25) is 0 Å². The Morgan fingerprint density at radius 2 is 1.68 bits per heavy atom. The molecule has 1 amide bonds. The highest BCUT2D eigenvalue weighted by atomic mass is 16.6. The average molecular weight is 500 g/mol. The van der Waals surface area contributed by atoms with Crippen LogP contribution in [0.5, 0.6) is 0 Å². The van der Waals surface area contributed by atoms with Gasteiger partial charge in [0.25, 0.3) is 0 Å². The van der Waals surface area contributed by atoms with Gasteiger partial charge in [-0.2, -0.15) is 0 Å². The number of carbonyl (C=O) groups is 1. The van der Waals surface area contributed by atoms with Crippen LogP contribution in [-0.2, 0) is 4.74 Å². The molecule has 0 aliphatic carbocycles. The van der Waals surface area contributed by atoms with E-state index in [9.17, 15) is 4.79 Å². The number of benzene rings is 1. The third-order valence-corrected chi connectivity index (χ3v) is 6.42. The summed E-state index contributed by atoms with van der Waals surface area (Å²) in [4.78, 5) is 29.1. The second kappa shape index (κ2) is 9.38. The minimum atomic E-state index is -0.559. The van der Waals surface area contributed by atoms with Crippen LogP contribution in [0.1, 0.15) is 34.6 Å². The van der Waals surface area contributed by atoms with E-state index in [1.165, 1.54) is 0 Å². The lowest BCUT2D eigenvalue weighted by Gasteiger charge is -2.45. The number of nitrogen functional groups attached to an aromatic ring is 1. The quantitative estimate of drug-likeness (QED) is 0.436. The maximum absolute atomic E-state index is 13.0. The van der Waals surface area contributed by atoms with Gasteiger partial charge in [0, 0.05) is 11.8 Å². The van der Waals surface area contributed by atoms with Crippen molar-refractivity contribution in [3.05, 3.63) is 60.8 Å². The molecular weight excluding hydrogens is 466 g/mol. The summed E-state index contributed by atoms with van der Waals surface area (Å²) in [5.41, 5.74) is 9.83. The van der Waals surface area contributed by atoms with Gasteiger partial charge in [0.05, 0.1) is 36.4 Å². The van der Waals surface area contributed by atoms with Crippen LogP contribution in [0.4, 0.5) is 10.6 Å². The molecule has 4 aromatic rings.